The summed E-state index contributed by atoms with van der Waals surface area (Å²) in [5.74, 6) is 0.337. The van der Waals surface area contributed by atoms with E-state index in [1.165, 1.54) is 37.1 Å². The third kappa shape index (κ3) is 5.12. The molecule has 0 saturated carbocycles. The van der Waals surface area contributed by atoms with Gasteiger partial charge in [0.2, 0.25) is 5.88 Å². The number of nitrogens with zero attached hydrogens (tertiary/aromatic N) is 3. The van der Waals surface area contributed by atoms with Crippen LogP contribution in [0.2, 0.25) is 0 Å². The highest BCUT2D eigenvalue weighted by atomic mass is 32.2. The summed E-state index contributed by atoms with van der Waals surface area (Å²) in [6.07, 6.45) is 0. The van der Waals surface area contributed by atoms with Crippen LogP contribution in [0.4, 0.5) is 5.69 Å². The van der Waals surface area contributed by atoms with Crippen LogP contribution in [0.5, 0.6) is 17.4 Å². The molecule has 0 spiro atoms. The van der Waals surface area contributed by atoms with Crippen LogP contribution in [0.3, 0.4) is 0 Å². The van der Waals surface area contributed by atoms with Crippen LogP contribution in [-0.4, -0.2) is 34.9 Å². The van der Waals surface area contributed by atoms with Gasteiger partial charge in [0, 0.05) is 12.1 Å². The number of benzene rings is 3. The number of rotatable bonds is 8. The van der Waals surface area contributed by atoms with Crippen LogP contribution in [0.15, 0.2) is 82.6 Å². The Morgan fingerprint density at radius 2 is 1.60 bits per heavy atom. The van der Waals surface area contributed by atoms with E-state index < -0.39 is 10.9 Å². The number of ether oxygens (including phenoxy) is 3. The third-order valence-corrected chi connectivity index (χ3v) is 6.26. The molecule has 0 unspecified atom stereocenters. The average molecular weight is 492 g/mol. The molecule has 0 N–H and O–H groups in total. The molecule has 10 heteroatoms. The number of carbonyl (C=O) groups excluding carboxylic acids is 1. The maximum absolute atomic E-state index is 13.2. The molecular weight excluding hydrogens is 470 g/mol. The molecule has 0 saturated heterocycles. The van der Waals surface area contributed by atoms with E-state index in [4.69, 9.17) is 14.2 Å². The highest BCUT2D eigenvalue weighted by Gasteiger charge is 2.25. The number of hydrogen-bond donors (Lipinski definition) is 0. The van der Waals surface area contributed by atoms with Gasteiger partial charge in [0.1, 0.15) is 11.5 Å². The van der Waals surface area contributed by atoms with Gasteiger partial charge in [-0.1, -0.05) is 42.1 Å². The standard InChI is InChI=1S/C25H21N3O6S/c1-16-23(35-22-12-8-7-11-21(22)28(30)31)24(27(26-16)18-9-5-4-6-10-18)34-25(29)17-13-19(32-2)15-20(14-17)33-3/h4-15H,1-3H3. The van der Waals surface area contributed by atoms with Crippen molar-refractivity contribution in [3.05, 3.63) is 94.2 Å². The first-order chi connectivity index (χ1) is 16.9. The SMILES string of the molecule is COc1cc(OC)cc(C(=O)Oc2c(Sc3ccccc3[N+](=O)[O-])c(C)nn2-c2ccccc2)c1. The maximum atomic E-state index is 13.2. The van der Waals surface area contributed by atoms with Crippen LogP contribution >= 0.6 is 11.8 Å². The average Bonchev–Trinajstić information content (AvgIpc) is 3.18. The summed E-state index contributed by atoms with van der Waals surface area (Å²) in [5, 5.41) is 16.1. The van der Waals surface area contributed by atoms with Gasteiger partial charge in [0.15, 0.2) is 0 Å². The second-order valence-electron chi connectivity index (χ2n) is 7.28. The minimum absolute atomic E-state index is 0.0563. The van der Waals surface area contributed by atoms with Gasteiger partial charge in [-0.25, -0.2) is 4.79 Å². The van der Waals surface area contributed by atoms with Gasteiger partial charge in [-0.15, -0.1) is 0 Å². The fourth-order valence-electron chi connectivity index (χ4n) is 3.32. The van der Waals surface area contributed by atoms with Crippen LogP contribution in [0.25, 0.3) is 5.69 Å². The maximum Gasteiger partial charge on any atom is 0.345 e. The zero-order valence-corrected chi connectivity index (χ0v) is 19.9. The van der Waals surface area contributed by atoms with Gasteiger partial charge < -0.3 is 14.2 Å². The Hall–Kier alpha value is -4.31. The van der Waals surface area contributed by atoms with Gasteiger partial charge in [0.25, 0.3) is 5.69 Å². The second kappa shape index (κ2) is 10.3. The molecule has 1 aromatic heterocycles. The zero-order chi connectivity index (χ0) is 24.9. The highest BCUT2D eigenvalue weighted by molar-refractivity contribution is 7.99. The number of esters is 1. The highest BCUT2D eigenvalue weighted by Crippen LogP contribution is 2.42. The lowest BCUT2D eigenvalue weighted by Gasteiger charge is -2.12. The molecule has 0 aliphatic rings. The predicted molar refractivity (Wildman–Crippen MR) is 130 cm³/mol. The molecule has 3 aromatic carbocycles. The van der Waals surface area contributed by atoms with E-state index in [-0.39, 0.29) is 17.1 Å². The van der Waals surface area contributed by atoms with Crippen LogP contribution in [0, 0.1) is 17.0 Å². The first-order valence-electron chi connectivity index (χ1n) is 10.4. The molecular formula is C25H21N3O6S. The van der Waals surface area contributed by atoms with Crippen LogP contribution < -0.4 is 14.2 Å². The number of nitro benzene ring substituents is 1. The molecule has 0 amide bonds. The molecule has 1 heterocycles. The van der Waals surface area contributed by atoms with Crippen molar-refractivity contribution < 1.29 is 23.9 Å². The monoisotopic (exact) mass is 491 g/mol. The Labute approximate surface area is 205 Å². The van der Waals surface area contributed by atoms with E-state index in [0.29, 0.717) is 32.7 Å². The molecule has 0 aliphatic carbocycles. The Kier molecular flexibility index (Phi) is 7.02. The minimum atomic E-state index is -0.663. The first-order valence-corrected chi connectivity index (χ1v) is 11.2. The predicted octanol–water partition coefficient (Wildman–Crippen LogP) is 5.48. The lowest BCUT2D eigenvalue weighted by molar-refractivity contribution is -0.387. The van der Waals surface area contributed by atoms with Crippen molar-refractivity contribution in [2.24, 2.45) is 0 Å². The van der Waals surface area contributed by atoms with E-state index in [2.05, 4.69) is 5.10 Å². The molecule has 0 radical (unpaired) electrons. The van der Waals surface area contributed by atoms with Crippen molar-refractivity contribution in [2.75, 3.05) is 14.2 Å². The Morgan fingerprint density at radius 3 is 2.23 bits per heavy atom. The number of methoxy groups -OCH3 is 2. The van der Waals surface area contributed by atoms with Crippen molar-refractivity contribution in [2.45, 2.75) is 16.7 Å². The molecule has 0 atom stereocenters. The molecule has 0 fully saturated rings. The van der Waals surface area contributed by atoms with Crippen molar-refractivity contribution >= 4 is 23.4 Å². The van der Waals surface area contributed by atoms with Crippen molar-refractivity contribution in [1.82, 2.24) is 9.78 Å². The van der Waals surface area contributed by atoms with Gasteiger partial charge in [-0.2, -0.15) is 9.78 Å². The van der Waals surface area contributed by atoms with E-state index in [1.54, 1.807) is 31.2 Å². The molecule has 4 aromatic rings. The molecule has 35 heavy (non-hydrogen) atoms. The summed E-state index contributed by atoms with van der Waals surface area (Å²) >= 11 is 1.11. The number of nitro groups is 1. The van der Waals surface area contributed by atoms with E-state index in [0.717, 1.165) is 11.8 Å². The lowest BCUT2D eigenvalue weighted by Crippen LogP contribution is -2.12. The Balaban J connectivity index is 1.80. The molecule has 9 nitrogen and oxygen atoms in total. The summed E-state index contributed by atoms with van der Waals surface area (Å²) < 4.78 is 17.9. The van der Waals surface area contributed by atoms with Crippen molar-refractivity contribution in [1.29, 1.82) is 0 Å². The quantitative estimate of drug-likeness (QED) is 0.181. The largest absolute Gasteiger partial charge is 0.497 e. The van der Waals surface area contributed by atoms with Gasteiger partial charge in [-0.3, -0.25) is 10.1 Å². The Bertz CT molecular complexity index is 1370. The second-order valence-corrected chi connectivity index (χ2v) is 8.34. The summed E-state index contributed by atoms with van der Waals surface area (Å²) in [7, 11) is 2.97. The summed E-state index contributed by atoms with van der Waals surface area (Å²) in [6, 6.07) is 20.2. The van der Waals surface area contributed by atoms with Crippen LogP contribution in [-0.2, 0) is 0 Å². The van der Waals surface area contributed by atoms with Crippen molar-refractivity contribution in [3.63, 3.8) is 0 Å². The van der Waals surface area contributed by atoms with E-state index in [9.17, 15) is 14.9 Å². The first kappa shape index (κ1) is 23.8. The number of carbonyl (C=O) groups is 1. The van der Waals surface area contributed by atoms with Gasteiger partial charge in [-0.05, 0) is 37.3 Å². The minimum Gasteiger partial charge on any atom is -0.497 e. The van der Waals surface area contributed by atoms with Crippen LogP contribution in [0.1, 0.15) is 16.1 Å². The summed E-state index contributed by atoms with van der Waals surface area (Å²) in [6.45, 7) is 1.75. The third-order valence-electron chi connectivity index (χ3n) is 5.02. The molecule has 0 aliphatic heterocycles. The fraction of sp³-hybridized carbons (Fsp3) is 0.120. The number of aryl methyl sites for hydroxylation is 1. The van der Waals surface area contributed by atoms with Gasteiger partial charge in [0.05, 0.1) is 45.9 Å². The number of para-hydroxylation sites is 2. The molecule has 0 bridgehead atoms. The zero-order valence-electron chi connectivity index (χ0n) is 19.1. The number of aromatic nitrogens is 2. The van der Waals surface area contributed by atoms with E-state index >= 15 is 0 Å². The van der Waals surface area contributed by atoms with E-state index in [1.807, 2.05) is 30.3 Å². The Morgan fingerprint density at radius 1 is 0.971 bits per heavy atom. The lowest BCUT2D eigenvalue weighted by atomic mass is 10.2. The summed E-state index contributed by atoms with van der Waals surface area (Å²) in [4.78, 5) is 25.2. The topological polar surface area (TPSA) is 106 Å². The normalized spacial score (nSPS) is 10.6. The smallest absolute Gasteiger partial charge is 0.345 e. The van der Waals surface area contributed by atoms with Crippen molar-refractivity contribution in [3.8, 4) is 23.1 Å². The molecule has 178 valence electrons. The molecule has 4 rings (SSSR count). The summed E-state index contributed by atoms with van der Waals surface area (Å²) in [5.41, 5.74) is 1.36. The number of hydrogen-bond acceptors (Lipinski definition) is 8. The van der Waals surface area contributed by atoms with Gasteiger partial charge >= 0.3 is 5.97 Å². The fourth-order valence-corrected chi connectivity index (χ4v) is 4.34.